The molecule has 2 rings (SSSR count). The molecule has 0 saturated carbocycles. The number of likely N-dealkylation sites (tertiary alicyclic amines) is 1. The van der Waals surface area contributed by atoms with Gasteiger partial charge in [0, 0.05) is 39.1 Å². The largest absolute Gasteiger partial charge is 0.379 e. The van der Waals surface area contributed by atoms with Gasteiger partial charge >= 0.3 is 0 Å². The van der Waals surface area contributed by atoms with Gasteiger partial charge in [0.05, 0.1) is 13.2 Å². The highest BCUT2D eigenvalue weighted by Gasteiger charge is 2.27. The molecule has 2 aliphatic heterocycles. The van der Waals surface area contributed by atoms with Crippen molar-refractivity contribution in [1.82, 2.24) is 9.80 Å². The number of ether oxygens (including phenoxy) is 1. The number of carbonyl (C=O) groups excluding carboxylic acids is 1. The Morgan fingerprint density at radius 1 is 1.10 bits per heavy atom. The van der Waals surface area contributed by atoms with E-state index in [2.05, 4.69) is 9.80 Å². The zero-order valence-electron chi connectivity index (χ0n) is 13.3. The van der Waals surface area contributed by atoms with E-state index in [0.29, 0.717) is 11.8 Å². The normalized spacial score (nSPS) is 23.7. The number of hydrogen-bond donors (Lipinski definition) is 1. The van der Waals surface area contributed by atoms with E-state index in [-0.39, 0.29) is 0 Å². The van der Waals surface area contributed by atoms with Crippen LogP contribution in [0.4, 0.5) is 0 Å². The van der Waals surface area contributed by atoms with Gasteiger partial charge in [-0.05, 0) is 31.7 Å². The van der Waals surface area contributed by atoms with Crippen LogP contribution in [-0.4, -0.2) is 68.2 Å². The molecule has 0 aromatic rings. The van der Waals surface area contributed by atoms with Gasteiger partial charge in [0.2, 0.25) is 5.91 Å². The summed E-state index contributed by atoms with van der Waals surface area (Å²) in [5.41, 5.74) is 5.48. The third-order valence-electron chi connectivity index (χ3n) is 4.60. The Labute approximate surface area is 128 Å². The zero-order valence-corrected chi connectivity index (χ0v) is 13.3. The molecule has 2 aliphatic rings. The molecule has 1 unspecified atom stereocenters. The van der Waals surface area contributed by atoms with Crippen LogP contribution in [0, 0.1) is 5.92 Å². The lowest BCUT2D eigenvalue weighted by Gasteiger charge is -2.29. The van der Waals surface area contributed by atoms with Crippen LogP contribution in [0.15, 0.2) is 0 Å². The molecule has 5 heteroatoms. The standard InChI is InChI=1S/C16H31N3O2/c17-7-4-2-1-3-5-16(20)19-8-6-15(14-19)13-18-9-11-21-12-10-18/h15H,1-14,17H2. The van der Waals surface area contributed by atoms with Crippen LogP contribution < -0.4 is 5.73 Å². The lowest BCUT2D eigenvalue weighted by atomic mass is 10.1. The van der Waals surface area contributed by atoms with Gasteiger partial charge in [-0.3, -0.25) is 9.69 Å². The second-order valence-electron chi connectivity index (χ2n) is 6.36. The molecule has 2 N–H and O–H groups in total. The molecule has 0 aromatic heterocycles. The molecule has 122 valence electrons. The minimum absolute atomic E-state index is 0.354. The summed E-state index contributed by atoms with van der Waals surface area (Å²) in [6.07, 6.45) is 6.27. The van der Waals surface area contributed by atoms with Crippen LogP contribution in [-0.2, 0) is 9.53 Å². The monoisotopic (exact) mass is 297 g/mol. The first-order chi connectivity index (χ1) is 10.3. The quantitative estimate of drug-likeness (QED) is 0.681. The van der Waals surface area contributed by atoms with Crippen molar-refractivity contribution in [2.24, 2.45) is 11.7 Å². The fraction of sp³-hybridized carbons (Fsp3) is 0.938. The molecule has 0 radical (unpaired) electrons. The molecule has 0 bridgehead atoms. The number of hydrogen-bond acceptors (Lipinski definition) is 4. The summed E-state index contributed by atoms with van der Waals surface area (Å²) >= 11 is 0. The van der Waals surface area contributed by atoms with Gasteiger partial charge in [0.1, 0.15) is 0 Å². The number of unbranched alkanes of at least 4 members (excludes halogenated alkanes) is 3. The van der Waals surface area contributed by atoms with Crippen molar-refractivity contribution < 1.29 is 9.53 Å². The Hall–Kier alpha value is -0.650. The third kappa shape index (κ3) is 5.93. The van der Waals surface area contributed by atoms with Crippen LogP contribution >= 0.6 is 0 Å². The summed E-state index contributed by atoms with van der Waals surface area (Å²) < 4.78 is 5.38. The predicted molar refractivity (Wildman–Crippen MR) is 84.1 cm³/mol. The number of carbonyl (C=O) groups is 1. The summed E-state index contributed by atoms with van der Waals surface area (Å²) in [6, 6.07) is 0. The molecule has 2 heterocycles. The first kappa shape index (κ1) is 16.7. The predicted octanol–water partition coefficient (Wildman–Crippen LogP) is 1.08. The van der Waals surface area contributed by atoms with Gasteiger partial charge < -0.3 is 15.4 Å². The van der Waals surface area contributed by atoms with E-state index >= 15 is 0 Å². The Morgan fingerprint density at radius 2 is 1.86 bits per heavy atom. The van der Waals surface area contributed by atoms with E-state index < -0.39 is 0 Å². The highest BCUT2D eigenvalue weighted by molar-refractivity contribution is 5.76. The fourth-order valence-electron chi connectivity index (χ4n) is 3.29. The maximum Gasteiger partial charge on any atom is 0.222 e. The van der Waals surface area contributed by atoms with Crippen LogP contribution in [0.5, 0.6) is 0 Å². The first-order valence-electron chi connectivity index (χ1n) is 8.57. The lowest BCUT2D eigenvalue weighted by molar-refractivity contribution is -0.130. The van der Waals surface area contributed by atoms with Crippen molar-refractivity contribution in [2.75, 3.05) is 52.5 Å². The number of amides is 1. The summed E-state index contributed by atoms with van der Waals surface area (Å²) in [5.74, 6) is 1.01. The minimum atomic E-state index is 0.354. The van der Waals surface area contributed by atoms with Crippen LogP contribution in [0.2, 0.25) is 0 Å². The molecule has 0 aromatic carbocycles. The number of nitrogens with two attached hydrogens (primary N) is 1. The fourth-order valence-corrected chi connectivity index (χ4v) is 3.29. The van der Waals surface area contributed by atoms with Crippen molar-refractivity contribution in [3.8, 4) is 0 Å². The van der Waals surface area contributed by atoms with E-state index in [4.69, 9.17) is 10.5 Å². The molecule has 0 aliphatic carbocycles. The Kier molecular flexibility index (Phi) is 7.47. The average molecular weight is 297 g/mol. The molecule has 1 amide bonds. The summed E-state index contributed by atoms with van der Waals surface area (Å²) in [7, 11) is 0. The van der Waals surface area contributed by atoms with Crippen molar-refractivity contribution in [3.63, 3.8) is 0 Å². The average Bonchev–Trinajstić information content (AvgIpc) is 2.96. The minimum Gasteiger partial charge on any atom is -0.379 e. The second kappa shape index (κ2) is 9.38. The highest BCUT2D eigenvalue weighted by atomic mass is 16.5. The molecule has 2 fully saturated rings. The third-order valence-corrected chi connectivity index (χ3v) is 4.60. The Balaban J connectivity index is 1.58. The Morgan fingerprint density at radius 3 is 2.62 bits per heavy atom. The van der Waals surface area contributed by atoms with Gasteiger partial charge in [-0.2, -0.15) is 0 Å². The van der Waals surface area contributed by atoms with E-state index in [1.54, 1.807) is 0 Å². The Bertz CT molecular complexity index is 306. The molecule has 0 spiro atoms. The second-order valence-corrected chi connectivity index (χ2v) is 6.36. The first-order valence-corrected chi connectivity index (χ1v) is 8.57. The highest BCUT2D eigenvalue weighted by Crippen LogP contribution is 2.19. The lowest BCUT2D eigenvalue weighted by Crippen LogP contribution is -2.40. The van der Waals surface area contributed by atoms with E-state index in [9.17, 15) is 4.79 Å². The van der Waals surface area contributed by atoms with Crippen LogP contribution in [0.1, 0.15) is 38.5 Å². The SMILES string of the molecule is NCCCCCCC(=O)N1CCC(CN2CCOCC2)C1. The van der Waals surface area contributed by atoms with Gasteiger partial charge in [0.15, 0.2) is 0 Å². The van der Waals surface area contributed by atoms with Crippen LogP contribution in [0.25, 0.3) is 0 Å². The van der Waals surface area contributed by atoms with Gasteiger partial charge in [-0.25, -0.2) is 0 Å². The zero-order chi connectivity index (χ0) is 14.9. The molecule has 5 nitrogen and oxygen atoms in total. The van der Waals surface area contributed by atoms with Crippen molar-refractivity contribution >= 4 is 5.91 Å². The number of rotatable bonds is 8. The topological polar surface area (TPSA) is 58.8 Å². The van der Waals surface area contributed by atoms with Crippen molar-refractivity contribution in [2.45, 2.75) is 38.5 Å². The maximum atomic E-state index is 12.2. The number of morpholine rings is 1. The van der Waals surface area contributed by atoms with E-state index in [0.717, 1.165) is 91.0 Å². The summed E-state index contributed by atoms with van der Waals surface area (Å²) in [5, 5.41) is 0. The number of nitrogens with zero attached hydrogens (tertiary/aromatic N) is 2. The van der Waals surface area contributed by atoms with E-state index in [1.165, 1.54) is 0 Å². The molecular formula is C16H31N3O2. The van der Waals surface area contributed by atoms with Crippen molar-refractivity contribution in [1.29, 1.82) is 0 Å². The summed E-state index contributed by atoms with van der Waals surface area (Å²) in [6.45, 7) is 7.62. The van der Waals surface area contributed by atoms with E-state index in [1.807, 2.05) is 0 Å². The van der Waals surface area contributed by atoms with Crippen molar-refractivity contribution in [3.05, 3.63) is 0 Å². The van der Waals surface area contributed by atoms with Gasteiger partial charge in [-0.1, -0.05) is 12.8 Å². The maximum absolute atomic E-state index is 12.2. The molecule has 21 heavy (non-hydrogen) atoms. The van der Waals surface area contributed by atoms with Crippen LogP contribution in [0.3, 0.4) is 0 Å². The summed E-state index contributed by atoms with van der Waals surface area (Å²) in [4.78, 5) is 16.7. The van der Waals surface area contributed by atoms with Gasteiger partial charge in [-0.15, -0.1) is 0 Å². The molecule has 1 atom stereocenters. The molecular weight excluding hydrogens is 266 g/mol. The smallest absolute Gasteiger partial charge is 0.222 e. The molecule has 2 saturated heterocycles. The van der Waals surface area contributed by atoms with Gasteiger partial charge in [0.25, 0.3) is 0 Å².